The van der Waals surface area contributed by atoms with Crippen molar-refractivity contribution in [1.82, 2.24) is 20.6 Å². The van der Waals surface area contributed by atoms with Crippen LogP contribution in [0.2, 0.25) is 0 Å². The van der Waals surface area contributed by atoms with E-state index in [1.165, 1.54) is 5.56 Å². The quantitative estimate of drug-likeness (QED) is 0.587. The molecule has 0 radical (unpaired) electrons. The van der Waals surface area contributed by atoms with Crippen molar-refractivity contribution in [3.8, 4) is 22.5 Å². The predicted octanol–water partition coefficient (Wildman–Crippen LogP) is 3.84. The summed E-state index contributed by atoms with van der Waals surface area (Å²) in [7, 11) is -1.14. The third kappa shape index (κ3) is 3.60. The Labute approximate surface area is 153 Å². The third-order valence-electron chi connectivity index (χ3n) is 4.06. The van der Waals surface area contributed by atoms with E-state index >= 15 is 0 Å². The van der Waals surface area contributed by atoms with E-state index in [4.69, 9.17) is 0 Å². The van der Waals surface area contributed by atoms with Crippen molar-refractivity contribution in [3.63, 3.8) is 0 Å². The van der Waals surface area contributed by atoms with Crippen molar-refractivity contribution in [2.24, 2.45) is 0 Å². The number of nitrogens with zero attached hydrogens (tertiary/aromatic N) is 3. The average Bonchev–Trinajstić information content (AvgIpc) is 3.24. The van der Waals surface area contributed by atoms with E-state index in [-0.39, 0.29) is 0 Å². The van der Waals surface area contributed by atoms with Crippen molar-refractivity contribution in [3.05, 3.63) is 84.4 Å². The molecule has 3 aromatic carbocycles. The van der Waals surface area contributed by atoms with Crippen LogP contribution >= 0.6 is 0 Å². The molecule has 4 aromatic rings. The fourth-order valence-corrected chi connectivity index (χ4v) is 3.87. The molecule has 1 N–H and O–H groups in total. The molecule has 5 nitrogen and oxygen atoms in total. The molecule has 0 spiro atoms. The molecule has 128 valence electrons. The van der Waals surface area contributed by atoms with E-state index in [9.17, 15) is 4.21 Å². The molecule has 4 rings (SSSR count). The van der Waals surface area contributed by atoms with Crippen molar-refractivity contribution in [2.75, 3.05) is 0 Å². The third-order valence-corrected chi connectivity index (χ3v) is 5.43. The van der Waals surface area contributed by atoms with Crippen molar-refractivity contribution in [2.45, 2.75) is 10.6 Å². The summed E-state index contributed by atoms with van der Waals surface area (Å²) >= 11 is 0. The van der Waals surface area contributed by atoms with Crippen LogP contribution < -0.4 is 0 Å². The van der Waals surface area contributed by atoms with Gasteiger partial charge in [0.2, 0.25) is 5.82 Å². The normalized spacial score (nSPS) is 12.0. The van der Waals surface area contributed by atoms with Gasteiger partial charge in [0.1, 0.15) is 0 Å². The number of rotatable bonds is 5. The van der Waals surface area contributed by atoms with Gasteiger partial charge in [-0.2, -0.15) is 5.21 Å². The number of hydrogen-bond donors (Lipinski definition) is 1. The van der Waals surface area contributed by atoms with Gasteiger partial charge < -0.3 is 0 Å². The van der Waals surface area contributed by atoms with E-state index in [2.05, 4.69) is 44.9 Å². The molecule has 1 aromatic heterocycles. The lowest BCUT2D eigenvalue weighted by molar-refractivity contribution is 0.682. The van der Waals surface area contributed by atoms with Crippen LogP contribution in [0, 0.1) is 0 Å². The summed E-state index contributed by atoms with van der Waals surface area (Å²) in [6.07, 6.45) is 0. The number of hydrogen-bond acceptors (Lipinski definition) is 4. The molecule has 0 fully saturated rings. The summed E-state index contributed by atoms with van der Waals surface area (Å²) in [4.78, 5) is 0.749. The Hall–Kier alpha value is -3.12. The van der Waals surface area contributed by atoms with Gasteiger partial charge in [-0.25, -0.2) is 0 Å². The number of aromatic amines is 1. The smallest absolute Gasteiger partial charge is 0.204 e. The molecule has 0 amide bonds. The van der Waals surface area contributed by atoms with Crippen LogP contribution in [0.3, 0.4) is 0 Å². The van der Waals surface area contributed by atoms with Gasteiger partial charge in [-0.1, -0.05) is 66.7 Å². The van der Waals surface area contributed by atoms with Gasteiger partial charge in [0, 0.05) is 10.5 Å². The first-order valence-corrected chi connectivity index (χ1v) is 9.48. The van der Waals surface area contributed by atoms with Crippen LogP contribution in [0.4, 0.5) is 0 Å². The van der Waals surface area contributed by atoms with E-state index in [1.807, 2.05) is 54.6 Å². The molecule has 0 saturated heterocycles. The fourth-order valence-electron chi connectivity index (χ4n) is 2.72. The zero-order valence-corrected chi connectivity index (χ0v) is 14.7. The Kier molecular flexibility index (Phi) is 4.66. The van der Waals surface area contributed by atoms with Gasteiger partial charge in [-0.05, 0) is 34.0 Å². The van der Waals surface area contributed by atoms with Gasteiger partial charge in [0.05, 0.1) is 16.6 Å². The lowest BCUT2D eigenvalue weighted by Crippen LogP contribution is -1.97. The molecule has 26 heavy (non-hydrogen) atoms. The van der Waals surface area contributed by atoms with Crippen LogP contribution in [-0.2, 0) is 16.6 Å². The molecule has 0 saturated carbocycles. The molecule has 6 heteroatoms. The number of tetrazole rings is 1. The number of benzene rings is 3. The van der Waals surface area contributed by atoms with E-state index < -0.39 is 10.8 Å². The van der Waals surface area contributed by atoms with Gasteiger partial charge in [0.25, 0.3) is 0 Å². The van der Waals surface area contributed by atoms with E-state index in [1.54, 1.807) is 0 Å². The highest BCUT2D eigenvalue weighted by atomic mass is 32.2. The lowest BCUT2D eigenvalue weighted by atomic mass is 10.0. The SMILES string of the molecule is O=S(Cc1ccc(-c2ccccc2)cc1)c1cccc(-c2nn[nH]n2)c1. The van der Waals surface area contributed by atoms with Crippen LogP contribution in [0.15, 0.2) is 83.8 Å². The molecule has 0 aliphatic carbocycles. The minimum Gasteiger partial charge on any atom is -0.254 e. The maximum Gasteiger partial charge on any atom is 0.204 e. The summed E-state index contributed by atoms with van der Waals surface area (Å²) in [5, 5.41) is 13.9. The summed E-state index contributed by atoms with van der Waals surface area (Å²) in [5.74, 6) is 0.959. The summed E-state index contributed by atoms with van der Waals surface area (Å²) in [5.41, 5.74) is 4.16. The second-order valence-corrected chi connectivity index (χ2v) is 7.27. The van der Waals surface area contributed by atoms with Crippen molar-refractivity contribution in [1.29, 1.82) is 0 Å². The molecule has 1 atom stereocenters. The maximum absolute atomic E-state index is 12.7. The molecule has 0 bridgehead atoms. The number of H-pyrrole nitrogens is 1. The number of nitrogens with one attached hydrogen (secondary N) is 1. The molecule has 1 unspecified atom stereocenters. The Bertz CT molecular complexity index is 1020. The molecule has 0 aliphatic heterocycles. The molecular weight excluding hydrogens is 344 g/mol. The molecular formula is C20H16N4OS. The maximum atomic E-state index is 12.7. The Morgan fingerprint density at radius 1 is 0.808 bits per heavy atom. The van der Waals surface area contributed by atoms with Crippen molar-refractivity contribution < 1.29 is 4.21 Å². The largest absolute Gasteiger partial charge is 0.254 e. The van der Waals surface area contributed by atoms with Crippen LogP contribution in [0.1, 0.15) is 5.56 Å². The Morgan fingerprint density at radius 2 is 1.54 bits per heavy atom. The zero-order valence-electron chi connectivity index (χ0n) is 13.9. The average molecular weight is 360 g/mol. The summed E-state index contributed by atoms with van der Waals surface area (Å²) in [6.45, 7) is 0. The first-order valence-electron chi connectivity index (χ1n) is 8.16. The first-order chi connectivity index (χ1) is 12.8. The number of aromatic nitrogens is 4. The minimum atomic E-state index is -1.14. The van der Waals surface area contributed by atoms with Gasteiger partial charge >= 0.3 is 0 Å². The second-order valence-electron chi connectivity index (χ2n) is 5.82. The van der Waals surface area contributed by atoms with Gasteiger partial charge in [-0.15, -0.1) is 10.2 Å². The topological polar surface area (TPSA) is 71.5 Å². The summed E-state index contributed by atoms with van der Waals surface area (Å²) < 4.78 is 12.7. The van der Waals surface area contributed by atoms with Gasteiger partial charge in [-0.3, -0.25) is 4.21 Å². The highest BCUT2D eigenvalue weighted by Gasteiger charge is 2.09. The standard InChI is InChI=1S/C20H16N4OS/c25-26(19-8-4-7-18(13-19)20-21-23-24-22-20)14-15-9-11-17(12-10-15)16-5-2-1-3-6-16/h1-13H,14H2,(H,21,22,23,24). The van der Waals surface area contributed by atoms with Gasteiger partial charge in [0.15, 0.2) is 0 Å². The van der Waals surface area contributed by atoms with Crippen LogP contribution in [0.25, 0.3) is 22.5 Å². The van der Waals surface area contributed by atoms with Crippen molar-refractivity contribution >= 4 is 10.8 Å². The van der Waals surface area contributed by atoms with Crippen LogP contribution in [0.5, 0.6) is 0 Å². The fraction of sp³-hybridized carbons (Fsp3) is 0.0500. The highest BCUT2D eigenvalue weighted by Crippen LogP contribution is 2.22. The lowest BCUT2D eigenvalue weighted by Gasteiger charge is -2.06. The van der Waals surface area contributed by atoms with E-state index in [0.29, 0.717) is 11.6 Å². The molecule has 0 aliphatic rings. The predicted molar refractivity (Wildman–Crippen MR) is 102 cm³/mol. The van der Waals surface area contributed by atoms with Crippen LogP contribution in [-0.4, -0.2) is 24.8 Å². The minimum absolute atomic E-state index is 0.463. The Balaban J connectivity index is 1.51. The Morgan fingerprint density at radius 3 is 2.27 bits per heavy atom. The summed E-state index contributed by atoms with van der Waals surface area (Å²) in [6, 6.07) is 25.8. The van der Waals surface area contributed by atoms with E-state index in [0.717, 1.165) is 21.6 Å². The monoisotopic (exact) mass is 360 g/mol. The highest BCUT2D eigenvalue weighted by molar-refractivity contribution is 7.84. The first kappa shape index (κ1) is 16.4. The zero-order chi connectivity index (χ0) is 17.8. The second kappa shape index (κ2) is 7.41. The molecule has 1 heterocycles.